The summed E-state index contributed by atoms with van der Waals surface area (Å²) in [5, 5.41) is 0. The molecule has 1 atom stereocenters. The zero-order valence-corrected chi connectivity index (χ0v) is 7.25. The number of hydrogen-bond donors (Lipinski definition) is 0. The minimum Gasteiger partial charge on any atom is -0.277 e. The average molecular weight is 199 g/mol. The summed E-state index contributed by atoms with van der Waals surface area (Å²) in [4.78, 5) is 3.81. The first-order valence-electron chi connectivity index (χ1n) is 4.26. The molecule has 0 fully saturated rings. The highest BCUT2D eigenvalue weighted by Crippen LogP contribution is 2.31. The summed E-state index contributed by atoms with van der Waals surface area (Å²) in [6, 6.07) is 8.31. The number of benzene rings is 1. The van der Waals surface area contributed by atoms with Crippen LogP contribution in [0.3, 0.4) is 0 Å². The summed E-state index contributed by atoms with van der Waals surface area (Å²) in [6.07, 6.45) is -4.96. The van der Waals surface area contributed by atoms with Crippen LogP contribution in [0.2, 0.25) is 0 Å². The summed E-state index contributed by atoms with van der Waals surface area (Å²) in [7, 11) is 0. The standard InChI is InChI=1S/C10H8F3N/c11-10(12,13)6-8-9(14-8)7-4-2-1-3-5-7/h1-5,8H,6H2. The molecule has 0 N–H and O–H groups in total. The summed E-state index contributed by atoms with van der Waals surface area (Å²) in [5.41, 5.74) is 1.37. The van der Waals surface area contributed by atoms with E-state index in [-0.39, 0.29) is 0 Å². The first kappa shape index (κ1) is 9.24. The Morgan fingerprint density at radius 2 is 1.79 bits per heavy atom. The van der Waals surface area contributed by atoms with Crippen LogP contribution in [0, 0.1) is 0 Å². The molecular weight excluding hydrogens is 191 g/mol. The van der Waals surface area contributed by atoms with Crippen molar-refractivity contribution in [2.24, 2.45) is 4.99 Å². The summed E-state index contributed by atoms with van der Waals surface area (Å²) in [5.74, 6) is 0. The Kier molecular flexibility index (Phi) is 2.06. The molecule has 0 saturated carbocycles. The smallest absolute Gasteiger partial charge is 0.277 e. The van der Waals surface area contributed by atoms with Crippen LogP contribution < -0.4 is 0 Å². The van der Waals surface area contributed by atoms with Gasteiger partial charge in [0.25, 0.3) is 0 Å². The minimum atomic E-state index is -4.12. The second-order valence-corrected chi connectivity index (χ2v) is 3.22. The molecule has 1 heterocycles. The van der Waals surface area contributed by atoms with Crippen LogP contribution in [0.15, 0.2) is 35.3 Å². The van der Waals surface area contributed by atoms with Gasteiger partial charge in [-0.25, -0.2) is 0 Å². The zero-order valence-electron chi connectivity index (χ0n) is 7.25. The quantitative estimate of drug-likeness (QED) is 0.694. The highest BCUT2D eigenvalue weighted by atomic mass is 19.4. The van der Waals surface area contributed by atoms with Crippen molar-refractivity contribution in [2.45, 2.75) is 18.6 Å². The third-order valence-corrected chi connectivity index (χ3v) is 2.04. The van der Waals surface area contributed by atoms with Gasteiger partial charge in [0.1, 0.15) is 6.04 Å². The lowest BCUT2D eigenvalue weighted by Crippen LogP contribution is -2.14. The Bertz CT molecular complexity index is 353. The lowest BCUT2D eigenvalue weighted by molar-refractivity contribution is -0.133. The molecule has 1 aliphatic rings. The first-order chi connectivity index (χ1) is 6.56. The van der Waals surface area contributed by atoms with E-state index in [2.05, 4.69) is 4.99 Å². The number of rotatable bonds is 2. The normalized spacial score (nSPS) is 20.5. The van der Waals surface area contributed by atoms with E-state index in [0.29, 0.717) is 5.71 Å². The van der Waals surface area contributed by atoms with Gasteiger partial charge in [0.15, 0.2) is 0 Å². The topological polar surface area (TPSA) is 12.4 Å². The number of nitrogens with zero attached hydrogens (tertiary/aromatic N) is 1. The van der Waals surface area contributed by atoms with Crippen LogP contribution in [-0.4, -0.2) is 17.9 Å². The third kappa shape index (κ3) is 2.13. The molecule has 1 aromatic rings. The van der Waals surface area contributed by atoms with Gasteiger partial charge in [-0.05, 0) is 5.56 Å². The van der Waals surface area contributed by atoms with Crippen LogP contribution in [0.5, 0.6) is 0 Å². The molecule has 2 rings (SSSR count). The van der Waals surface area contributed by atoms with Crippen LogP contribution in [0.4, 0.5) is 13.2 Å². The number of halogens is 3. The van der Waals surface area contributed by atoms with Gasteiger partial charge in [-0.15, -0.1) is 0 Å². The highest BCUT2D eigenvalue weighted by Gasteiger charge is 2.40. The Labute approximate surface area is 79.3 Å². The SMILES string of the molecule is FC(F)(F)CC1N=C1c1ccccc1. The molecule has 0 aliphatic carbocycles. The first-order valence-corrected chi connectivity index (χ1v) is 4.26. The molecule has 1 aliphatic heterocycles. The lowest BCUT2D eigenvalue weighted by atomic mass is 10.1. The molecule has 0 saturated heterocycles. The van der Waals surface area contributed by atoms with Crippen molar-refractivity contribution in [2.75, 3.05) is 0 Å². The number of hydrogen-bond acceptors (Lipinski definition) is 1. The van der Waals surface area contributed by atoms with Gasteiger partial charge in [-0.3, -0.25) is 4.99 Å². The summed E-state index contributed by atoms with van der Waals surface area (Å²) >= 11 is 0. The Hall–Kier alpha value is -1.32. The molecular formula is C10H8F3N. The second kappa shape index (κ2) is 3.12. The summed E-state index contributed by atoms with van der Waals surface area (Å²) < 4.78 is 35.9. The predicted molar refractivity (Wildman–Crippen MR) is 47.4 cm³/mol. The molecule has 0 amide bonds. The fourth-order valence-electron chi connectivity index (χ4n) is 1.37. The number of aliphatic imine (C=N–C) groups is 1. The maximum Gasteiger partial charge on any atom is 0.391 e. The van der Waals surface area contributed by atoms with Crippen molar-refractivity contribution in [1.82, 2.24) is 0 Å². The molecule has 4 heteroatoms. The molecule has 0 bridgehead atoms. The molecule has 14 heavy (non-hydrogen) atoms. The van der Waals surface area contributed by atoms with Crippen LogP contribution in [0.1, 0.15) is 12.0 Å². The van der Waals surface area contributed by atoms with Crippen molar-refractivity contribution in [3.63, 3.8) is 0 Å². The van der Waals surface area contributed by atoms with Crippen LogP contribution in [0.25, 0.3) is 0 Å². The highest BCUT2D eigenvalue weighted by molar-refractivity contribution is 6.13. The van der Waals surface area contributed by atoms with E-state index in [1.807, 2.05) is 6.07 Å². The maximum absolute atomic E-state index is 12.0. The van der Waals surface area contributed by atoms with E-state index >= 15 is 0 Å². The van der Waals surface area contributed by atoms with E-state index in [0.717, 1.165) is 5.56 Å². The van der Waals surface area contributed by atoms with Crippen molar-refractivity contribution in [3.05, 3.63) is 35.9 Å². The van der Waals surface area contributed by atoms with E-state index in [1.165, 1.54) is 0 Å². The largest absolute Gasteiger partial charge is 0.391 e. The average Bonchev–Trinajstić information content (AvgIpc) is 2.82. The van der Waals surface area contributed by atoms with Gasteiger partial charge >= 0.3 is 6.18 Å². The van der Waals surface area contributed by atoms with Crippen LogP contribution >= 0.6 is 0 Å². The van der Waals surface area contributed by atoms with Gasteiger partial charge in [0.2, 0.25) is 0 Å². The van der Waals surface area contributed by atoms with Gasteiger partial charge in [0.05, 0.1) is 12.1 Å². The fraction of sp³-hybridized carbons (Fsp3) is 0.300. The zero-order chi connectivity index (χ0) is 10.2. The van der Waals surface area contributed by atoms with Gasteiger partial charge in [-0.2, -0.15) is 13.2 Å². The molecule has 0 radical (unpaired) electrons. The van der Waals surface area contributed by atoms with Gasteiger partial charge in [-0.1, -0.05) is 30.3 Å². The van der Waals surface area contributed by atoms with Crippen molar-refractivity contribution >= 4 is 5.71 Å². The Morgan fingerprint density at radius 1 is 1.14 bits per heavy atom. The van der Waals surface area contributed by atoms with Gasteiger partial charge in [0, 0.05) is 0 Å². The third-order valence-electron chi connectivity index (χ3n) is 2.04. The lowest BCUT2D eigenvalue weighted by Gasteiger charge is -2.03. The monoisotopic (exact) mass is 199 g/mol. The van der Waals surface area contributed by atoms with Gasteiger partial charge < -0.3 is 0 Å². The van der Waals surface area contributed by atoms with Crippen LogP contribution in [-0.2, 0) is 0 Å². The molecule has 74 valence electrons. The van der Waals surface area contributed by atoms with Crippen molar-refractivity contribution in [3.8, 4) is 0 Å². The van der Waals surface area contributed by atoms with Crippen molar-refractivity contribution in [1.29, 1.82) is 0 Å². The molecule has 1 nitrogen and oxygen atoms in total. The number of alkyl halides is 3. The minimum absolute atomic E-state index is 0.572. The van der Waals surface area contributed by atoms with E-state index in [9.17, 15) is 13.2 Å². The second-order valence-electron chi connectivity index (χ2n) is 3.22. The molecule has 1 aromatic carbocycles. The fourth-order valence-corrected chi connectivity index (χ4v) is 1.37. The molecule has 0 aromatic heterocycles. The summed E-state index contributed by atoms with van der Waals surface area (Å²) in [6.45, 7) is 0. The van der Waals surface area contributed by atoms with E-state index in [1.54, 1.807) is 24.3 Å². The maximum atomic E-state index is 12.0. The molecule has 0 spiro atoms. The Morgan fingerprint density at radius 3 is 2.36 bits per heavy atom. The van der Waals surface area contributed by atoms with Crippen molar-refractivity contribution < 1.29 is 13.2 Å². The molecule has 1 unspecified atom stereocenters. The Balaban J connectivity index is 1.97. The predicted octanol–water partition coefficient (Wildman–Crippen LogP) is 2.81. The van der Waals surface area contributed by atoms with E-state index < -0.39 is 18.6 Å². The van der Waals surface area contributed by atoms with E-state index in [4.69, 9.17) is 0 Å².